The average molecular weight is 519 g/mol. The first kappa shape index (κ1) is 22.9. The van der Waals surface area contributed by atoms with E-state index in [4.69, 9.17) is 4.74 Å². The van der Waals surface area contributed by atoms with Gasteiger partial charge in [0.05, 0.1) is 35.4 Å². The van der Waals surface area contributed by atoms with Gasteiger partial charge in [0, 0.05) is 11.1 Å². The Morgan fingerprint density at radius 1 is 1.00 bits per heavy atom. The first-order chi connectivity index (χ1) is 17.3. The number of fused-ring (bicyclic) bond motifs is 5. The zero-order valence-corrected chi connectivity index (χ0v) is 21.4. The van der Waals surface area contributed by atoms with Crippen LogP contribution >= 0.6 is 22.7 Å². The number of carbonyl (C=O) groups excluding carboxylic acids is 4. The van der Waals surface area contributed by atoms with Crippen molar-refractivity contribution >= 4 is 57.3 Å². The zero-order valence-electron chi connectivity index (χ0n) is 19.8. The van der Waals surface area contributed by atoms with Crippen LogP contribution in [0.4, 0.5) is 5.00 Å². The fourth-order valence-electron chi connectivity index (χ4n) is 5.73. The van der Waals surface area contributed by atoms with Gasteiger partial charge >= 0.3 is 5.97 Å². The van der Waals surface area contributed by atoms with Crippen LogP contribution in [0.25, 0.3) is 6.08 Å². The molecule has 4 atom stereocenters. The fourth-order valence-corrected chi connectivity index (χ4v) is 7.58. The van der Waals surface area contributed by atoms with Gasteiger partial charge in [-0.2, -0.15) is 0 Å². The van der Waals surface area contributed by atoms with E-state index < -0.39 is 41.7 Å². The molecule has 9 heteroatoms. The highest BCUT2D eigenvalue weighted by molar-refractivity contribution is 7.17. The summed E-state index contributed by atoms with van der Waals surface area (Å²) >= 11 is 2.55. The maximum absolute atomic E-state index is 14.1. The van der Waals surface area contributed by atoms with E-state index in [1.807, 2.05) is 53.7 Å². The molecule has 3 aliphatic rings. The molecule has 2 saturated heterocycles. The van der Waals surface area contributed by atoms with E-state index in [2.05, 4.69) is 0 Å². The second-order valence-electron chi connectivity index (χ2n) is 9.14. The first-order valence-electron chi connectivity index (χ1n) is 11.5. The van der Waals surface area contributed by atoms with E-state index in [0.717, 1.165) is 20.9 Å². The van der Waals surface area contributed by atoms with Crippen LogP contribution in [0.1, 0.15) is 47.6 Å². The van der Waals surface area contributed by atoms with Gasteiger partial charge in [-0.05, 0) is 48.1 Å². The minimum atomic E-state index is -0.874. The number of thiophene rings is 2. The number of methoxy groups -OCH3 is 1. The van der Waals surface area contributed by atoms with Gasteiger partial charge in [0.15, 0.2) is 5.78 Å². The molecule has 0 unspecified atom stereocenters. The van der Waals surface area contributed by atoms with Gasteiger partial charge in [-0.15, -0.1) is 22.7 Å². The normalized spacial score (nSPS) is 24.1. The molecule has 0 aliphatic carbocycles. The second kappa shape index (κ2) is 8.25. The zero-order chi connectivity index (χ0) is 25.3. The van der Waals surface area contributed by atoms with Gasteiger partial charge in [0.1, 0.15) is 11.0 Å². The molecule has 36 heavy (non-hydrogen) atoms. The highest BCUT2D eigenvalue weighted by Crippen LogP contribution is 2.55. The van der Waals surface area contributed by atoms with Crippen molar-refractivity contribution < 1.29 is 23.9 Å². The highest BCUT2D eigenvalue weighted by Gasteiger charge is 2.65. The first-order valence-corrected chi connectivity index (χ1v) is 13.2. The van der Waals surface area contributed by atoms with Crippen molar-refractivity contribution in [3.8, 4) is 0 Å². The van der Waals surface area contributed by atoms with Crippen LogP contribution in [0.5, 0.6) is 0 Å². The van der Waals surface area contributed by atoms with Crippen LogP contribution in [-0.2, 0) is 14.3 Å². The predicted octanol–water partition coefficient (Wildman–Crippen LogP) is 4.61. The molecule has 1 aromatic carbocycles. The van der Waals surface area contributed by atoms with E-state index in [1.165, 1.54) is 29.8 Å². The number of imide groups is 1. The number of amides is 2. The lowest BCUT2D eigenvalue weighted by Crippen LogP contribution is -2.44. The molecule has 3 aliphatic heterocycles. The minimum Gasteiger partial charge on any atom is -0.465 e. The summed E-state index contributed by atoms with van der Waals surface area (Å²) in [5, 5.41) is 2.10. The van der Waals surface area contributed by atoms with E-state index in [1.54, 1.807) is 19.1 Å². The van der Waals surface area contributed by atoms with Gasteiger partial charge in [-0.3, -0.25) is 14.4 Å². The molecule has 5 heterocycles. The summed E-state index contributed by atoms with van der Waals surface area (Å²) in [5.41, 5.74) is 2.77. The summed E-state index contributed by atoms with van der Waals surface area (Å²) in [5.74, 6) is -3.25. The molecule has 182 valence electrons. The Labute approximate surface area is 215 Å². The molecular formula is C27H22N2O5S2. The monoisotopic (exact) mass is 518 g/mol. The molecule has 0 N–H and O–H groups in total. The number of nitrogens with zero attached hydrogens (tertiary/aromatic N) is 2. The maximum atomic E-state index is 14.1. The Hall–Kier alpha value is -3.56. The van der Waals surface area contributed by atoms with Crippen LogP contribution < -0.4 is 4.90 Å². The molecular weight excluding hydrogens is 496 g/mol. The molecule has 0 saturated carbocycles. The SMILES string of the molecule is COC(=O)c1c(N2C(=O)[C@@H]3[C@H](C2=O)[C@@H]2c4ccccc4C=CN2[C@H]3C(=O)c2cccs2)sc(C)c1C. The molecule has 0 bridgehead atoms. The Kier molecular flexibility index (Phi) is 5.24. The third-order valence-corrected chi connectivity index (χ3v) is 9.53. The van der Waals surface area contributed by atoms with E-state index in [0.29, 0.717) is 10.4 Å². The molecule has 7 nitrogen and oxygen atoms in total. The number of ketones is 1. The third kappa shape index (κ3) is 3.02. The quantitative estimate of drug-likeness (QED) is 0.285. The lowest BCUT2D eigenvalue weighted by molar-refractivity contribution is -0.123. The smallest absolute Gasteiger partial charge is 0.341 e. The number of Topliss-reactive ketones (excluding diaryl/α,β-unsaturated/α-hetero) is 1. The van der Waals surface area contributed by atoms with Crippen LogP contribution in [-0.4, -0.2) is 41.6 Å². The summed E-state index contributed by atoms with van der Waals surface area (Å²) in [6.07, 6.45) is 3.77. The van der Waals surface area contributed by atoms with Gasteiger partial charge in [0.25, 0.3) is 0 Å². The summed E-state index contributed by atoms with van der Waals surface area (Å²) in [4.78, 5) is 59.0. The number of carbonyl (C=O) groups is 4. The van der Waals surface area contributed by atoms with Crippen molar-refractivity contribution in [1.82, 2.24) is 4.90 Å². The van der Waals surface area contributed by atoms with Crippen LogP contribution in [0, 0.1) is 25.7 Å². The van der Waals surface area contributed by atoms with Gasteiger partial charge < -0.3 is 9.64 Å². The van der Waals surface area contributed by atoms with Gasteiger partial charge in [0.2, 0.25) is 11.8 Å². The summed E-state index contributed by atoms with van der Waals surface area (Å²) in [6.45, 7) is 3.62. The average Bonchev–Trinajstić information content (AvgIpc) is 3.64. The fraction of sp³-hybridized carbons (Fsp3) is 0.259. The highest BCUT2D eigenvalue weighted by atomic mass is 32.1. The number of ether oxygens (including phenoxy) is 1. The lowest BCUT2D eigenvalue weighted by Gasteiger charge is -2.35. The Bertz CT molecular complexity index is 1470. The van der Waals surface area contributed by atoms with Crippen molar-refractivity contribution in [2.75, 3.05) is 12.0 Å². The lowest BCUT2D eigenvalue weighted by atomic mass is 9.84. The third-order valence-electron chi connectivity index (χ3n) is 7.45. The Balaban J connectivity index is 1.52. The van der Waals surface area contributed by atoms with Crippen LogP contribution in [0.2, 0.25) is 0 Å². The topological polar surface area (TPSA) is 84.0 Å². The summed E-state index contributed by atoms with van der Waals surface area (Å²) < 4.78 is 4.98. The maximum Gasteiger partial charge on any atom is 0.341 e. The number of anilines is 1. The second-order valence-corrected chi connectivity index (χ2v) is 11.3. The summed E-state index contributed by atoms with van der Waals surface area (Å²) in [7, 11) is 1.28. The number of rotatable bonds is 4. The number of aryl methyl sites for hydroxylation is 1. The standard InChI is InChI=1S/C27H22N2O5S2/c1-13-14(2)36-26(18(13)27(33)34-3)29-24(31)19-20(25(29)32)22(23(30)17-9-6-12-35-17)28-11-10-15-7-4-5-8-16(15)21(19)28/h4-12,19-22H,1-3H3/t19-,20+,21-,22+/m0/s1. The number of benzene rings is 1. The number of hydrogen-bond donors (Lipinski definition) is 0. The van der Waals surface area contributed by atoms with Crippen LogP contribution in [0.15, 0.2) is 48.0 Å². The van der Waals surface area contributed by atoms with E-state index >= 15 is 0 Å². The van der Waals surface area contributed by atoms with Crippen molar-refractivity contribution in [3.05, 3.63) is 80.0 Å². The van der Waals surface area contributed by atoms with Crippen molar-refractivity contribution in [2.45, 2.75) is 25.9 Å². The van der Waals surface area contributed by atoms with Gasteiger partial charge in [-0.1, -0.05) is 30.3 Å². The molecule has 0 spiro atoms. The van der Waals surface area contributed by atoms with Crippen molar-refractivity contribution in [1.29, 1.82) is 0 Å². The molecule has 0 radical (unpaired) electrons. The van der Waals surface area contributed by atoms with Crippen molar-refractivity contribution in [2.24, 2.45) is 11.8 Å². The van der Waals surface area contributed by atoms with E-state index in [-0.39, 0.29) is 16.3 Å². The summed E-state index contributed by atoms with van der Waals surface area (Å²) in [6, 6.07) is 10.0. The molecule has 3 aromatic rings. The molecule has 6 rings (SSSR count). The largest absolute Gasteiger partial charge is 0.465 e. The minimum absolute atomic E-state index is 0.179. The Morgan fingerprint density at radius 2 is 1.75 bits per heavy atom. The van der Waals surface area contributed by atoms with Crippen molar-refractivity contribution in [3.63, 3.8) is 0 Å². The molecule has 2 aromatic heterocycles. The Morgan fingerprint density at radius 3 is 2.47 bits per heavy atom. The van der Waals surface area contributed by atoms with Crippen LogP contribution in [0.3, 0.4) is 0 Å². The van der Waals surface area contributed by atoms with E-state index in [9.17, 15) is 19.2 Å². The predicted molar refractivity (Wildman–Crippen MR) is 137 cm³/mol. The number of hydrogen-bond acceptors (Lipinski definition) is 8. The number of esters is 1. The molecule has 2 amide bonds. The molecule has 2 fully saturated rings. The van der Waals surface area contributed by atoms with Gasteiger partial charge in [-0.25, -0.2) is 9.69 Å².